The van der Waals surface area contributed by atoms with Crippen LogP contribution in [0.3, 0.4) is 0 Å². The monoisotopic (exact) mass is 477 g/mol. The predicted molar refractivity (Wildman–Crippen MR) is 130 cm³/mol. The minimum atomic E-state index is -0.149. The van der Waals surface area contributed by atoms with E-state index >= 15 is 0 Å². The number of rotatable bonds is 8. The van der Waals surface area contributed by atoms with E-state index in [0.717, 1.165) is 27.4 Å². The van der Waals surface area contributed by atoms with Gasteiger partial charge in [-0.05, 0) is 37.0 Å². The first-order valence-electron chi connectivity index (χ1n) is 11.2. The molecule has 0 saturated heterocycles. The van der Waals surface area contributed by atoms with Crippen molar-refractivity contribution in [3.8, 4) is 11.8 Å². The fourth-order valence-electron chi connectivity index (χ4n) is 4.15. The summed E-state index contributed by atoms with van der Waals surface area (Å²) in [5.41, 5.74) is 3.36. The third-order valence-electron chi connectivity index (χ3n) is 5.93. The van der Waals surface area contributed by atoms with Crippen LogP contribution in [-0.4, -0.2) is 39.9 Å². The molecule has 2 amide bonds. The molecule has 0 unspecified atom stereocenters. The molecule has 34 heavy (non-hydrogen) atoms. The van der Waals surface area contributed by atoms with Gasteiger partial charge in [0.1, 0.15) is 16.8 Å². The molecule has 1 aliphatic rings. The molecule has 2 aromatic heterocycles. The molecule has 3 heterocycles. The third kappa shape index (κ3) is 5.29. The molecule has 0 saturated carbocycles. The van der Waals surface area contributed by atoms with Crippen LogP contribution in [-0.2, 0) is 35.5 Å². The molecule has 8 nitrogen and oxygen atoms in total. The van der Waals surface area contributed by atoms with Crippen LogP contribution in [0.1, 0.15) is 40.1 Å². The van der Waals surface area contributed by atoms with Crippen LogP contribution in [0.5, 0.6) is 5.75 Å². The number of benzene rings is 1. The van der Waals surface area contributed by atoms with Crippen LogP contribution in [0.4, 0.5) is 5.00 Å². The highest BCUT2D eigenvalue weighted by Gasteiger charge is 2.27. The molecule has 0 radical (unpaired) electrons. The van der Waals surface area contributed by atoms with E-state index in [9.17, 15) is 14.9 Å². The number of methoxy groups -OCH3 is 1. The lowest BCUT2D eigenvalue weighted by Crippen LogP contribution is -2.35. The van der Waals surface area contributed by atoms with Gasteiger partial charge in [-0.15, -0.1) is 11.3 Å². The molecule has 9 heteroatoms. The summed E-state index contributed by atoms with van der Waals surface area (Å²) in [4.78, 5) is 32.4. The Labute approximate surface area is 202 Å². The highest BCUT2D eigenvalue weighted by atomic mass is 32.1. The zero-order chi connectivity index (χ0) is 24.1. The molecule has 1 aromatic carbocycles. The number of para-hydroxylation sites is 1. The average Bonchev–Trinajstić information content (AvgIpc) is 3.42. The molecule has 3 aromatic rings. The van der Waals surface area contributed by atoms with Crippen molar-refractivity contribution in [1.29, 1.82) is 5.26 Å². The third-order valence-corrected chi connectivity index (χ3v) is 7.07. The Hall–Kier alpha value is -3.64. The highest BCUT2D eigenvalue weighted by Crippen LogP contribution is 2.37. The summed E-state index contributed by atoms with van der Waals surface area (Å²) in [6.07, 6.45) is 5.49. The van der Waals surface area contributed by atoms with Crippen LogP contribution in [0, 0.1) is 18.3 Å². The second-order valence-electron chi connectivity index (χ2n) is 8.25. The van der Waals surface area contributed by atoms with E-state index < -0.39 is 0 Å². The summed E-state index contributed by atoms with van der Waals surface area (Å²) in [6, 6.07) is 9.88. The normalized spacial score (nSPS) is 12.7. The molecular weight excluding hydrogens is 450 g/mol. The Morgan fingerprint density at radius 3 is 2.85 bits per heavy atom. The Bertz CT molecular complexity index is 1240. The topological polar surface area (TPSA) is 100 Å². The quantitative estimate of drug-likeness (QED) is 0.533. The van der Waals surface area contributed by atoms with Gasteiger partial charge in [-0.1, -0.05) is 18.2 Å². The van der Waals surface area contributed by atoms with E-state index in [2.05, 4.69) is 16.4 Å². The van der Waals surface area contributed by atoms with Gasteiger partial charge in [0.15, 0.2) is 0 Å². The number of thiophene rings is 1. The number of nitrogens with zero attached hydrogens (tertiary/aromatic N) is 4. The fraction of sp³-hybridized carbons (Fsp3) is 0.360. The van der Waals surface area contributed by atoms with Gasteiger partial charge in [0.25, 0.3) is 0 Å². The molecule has 0 atom stereocenters. The minimum absolute atomic E-state index is 0.0753. The molecule has 176 valence electrons. The van der Waals surface area contributed by atoms with Crippen LogP contribution in [0.15, 0.2) is 36.8 Å². The van der Waals surface area contributed by atoms with Crippen LogP contribution in [0.2, 0.25) is 0 Å². The first-order valence-corrected chi connectivity index (χ1v) is 12.0. The molecule has 0 bridgehead atoms. The number of fused-ring (bicyclic) bond motifs is 1. The van der Waals surface area contributed by atoms with Gasteiger partial charge >= 0.3 is 0 Å². The lowest BCUT2D eigenvalue weighted by atomic mass is 10.0. The van der Waals surface area contributed by atoms with Crippen molar-refractivity contribution in [3.05, 3.63) is 64.1 Å². The number of imidazole rings is 1. The molecule has 0 aliphatic carbocycles. The maximum atomic E-state index is 12.8. The molecule has 0 fully saturated rings. The Morgan fingerprint density at radius 1 is 1.29 bits per heavy atom. The first kappa shape index (κ1) is 23.5. The number of hydrogen-bond acceptors (Lipinski definition) is 6. The minimum Gasteiger partial charge on any atom is -0.496 e. The molecule has 4 rings (SSSR count). The summed E-state index contributed by atoms with van der Waals surface area (Å²) < 4.78 is 7.27. The predicted octanol–water partition coefficient (Wildman–Crippen LogP) is 3.68. The molecule has 1 aliphatic heterocycles. The maximum Gasteiger partial charge on any atom is 0.225 e. The average molecular weight is 478 g/mol. The van der Waals surface area contributed by atoms with Gasteiger partial charge < -0.3 is 19.5 Å². The van der Waals surface area contributed by atoms with Crippen molar-refractivity contribution in [2.45, 2.75) is 45.7 Å². The number of hydrogen-bond donors (Lipinski definition) is 1. The van der Waals surface area contributed by atoms with E-state index in [1.807, 2.05) is 46.9 Å². The van der Waals surface area contributed by atoms with E-state index in [0.29, 0.717) is 49.5 Å². The summed E-state index contributed by atoms with van der Waals surface area (Å²) in [5, 5.41) is 13.2. The Morgan fingerprint density at radius 2 is 2.12 bits per heavy atom. The second-order valence-corrected chi connectivity index (χ2v) is 9.35. The van der Waals surface area contributed by atoms with Crippen molar-refractivity contribution < 1.29 is 14.3 Å². The number of nitriles is 1. The van der Waals surface area contributed by atoms with E-state index in [1.54, 1.807) is 13.4 Å². The van der Waals surface area contributed by atoms with E-state index in [4.69, 9.17) is 4.74 Å². The summed E-state index contributed by atoms with van der Waals surface area (Å²) >= 11 is 1.39. The van der Waals surface area contributed by atoms with Gasteiger partial charge in [0.2, 0.25) is 11.8 Å². The van der Waals surface area contributed by atoms with E-state index in [1.165, 1.54) is 11.3 Å². The zero-order valence-electron chi connectivity index (χ0n) is 19.3. The lowest BCUT2D eigenvalue weighted by molar-refractivity contribution is -0.132. The van der Waals surface area contributed by atoms with Crippen molar-refractivity contribution in [3.63, 3.8) is 0 Å². The largest absolute Gasteiger partial charge is 0.496 e. The van der Waals surface area contributed by atoms with Crippen molar-refractivity contribution >= 4 is 28.2 Å². The maximum absolute atomic E-state index is 12.8. The number of carbonyl (C=O) groups is 2. The number of aryl methyl sites for hydroxylation is 3. The molecule has 1 N–H and O–H groups in total. The SMILES string of the molecule is COc1ccccc1CCC(=O)Nc1sc2c(c1C#N)CCN(C(=O)CCn1cnc(C)c1)C2. The summed E-state index contributed by atoms with van der Waals surface area (Å²) in [7, 11) is 1.61. The Kier molecular flexibility index (Phi) is 7.28. The second kappa shape index (κ2) is 10.5. The van der Waals surface area contributed by atoms with Gasteiger partial charge in [-0.2, -0.15) is 5.26 Å². The first-order chi connectivity index (χ1) is 16.5. The van der Waals surface area contributed by atoms with Crippen molar-refractivity contribution in [2.24, 2.45) is 0 Å². The van der Waals surface area contributed by atoms with Gasteiger partial charge in [0, 0.05) is 37.0 Å². The number of aromatic nitrogens is 2. The standard InChI is InChI=1S/C25H27N5O3S/c1-17-14-29(16-27-17)11-10-24(32)30-12-9-19-20(13-26)25(34-22(19)15-30)28-23(31)8-7-18-5-3-4-6-21(18)33-2/h3-6,14,16H,7-12,15H2,1-2H3,(H,28,31). The number of nitrogens with one attached hydrogen (secondary N) is 1. The number of amides is 2. The zero-order valence-corrected chi connectivity index (χ0v) is 20.2. The number of anilines is 1. The van der Waals surface area contributed by atoms with Crippen LogP contribution in [0.25, 0.3) is 0 Å². The fourth-order valence-corrected chi connectivity index (χ4v) is 5.38. The van der Waals surface area contributed by atoms with Crippen LogP contribution < -0.4 is 10.1 Å². The van der Waals surface area contributed by atoms with Crippen LogP contribution >= 0.6 is 11.3 Å². The lowest BCUT2D eigenvalue weighted by Gasteiger charge is -2.27. The van der Waals surface area contributed by atoms with Gasteiger partial charge in [-0.25, -0.2) is 4.98 Å². The van der Waals surface area contributed by atoms with E-state index in [-0.39, 0.29) is 18.2 Å². The van der Waals surface area contributed by atoms with Gasteiger partial charge in [-0.3, -0.25) is 9.59 Å². The highest BCUT2D eigenvalue weighted by molar-refractivity contribution is 7.16. The Balaban J connectivity index is 1.37. The van der Waals surface area contributed by atoms with Gasteiger partial charge in [0.05, 0.1) is 31.2 Å². The van der Waals surface area contributed by atoms with Crippen molar-refractivity contribution in [1.82, 2.24) is 14.5 Å². The molecular formula is C25H27N5O3S. The number of carbonyl (C=O) groups excluding carboxylic acids is 2. The number of ether oxygens (including phenoxy) is 1. The molecule has 0 spiro atoms. The summed E-state index contributed by atoms with van der Waals surface area (Å²) in [5.74, 6) is 0.684. The summed E-state index contributed by atoms with van der Waals surface area (Å²) in [6.45, 7) is 3.54. The smallest absolute Gasteiger partial charge is 0.225 e. The van der Waals surface area contributed by atoms with Crippen molar-refractivity contribution in [2.75, 3.05) is 19.0 Å².